The van der Waals surface area contributed by atoms with E-state index in [0.29, 0.717) is 46.5 Å². The van der Waals surface area contributed by atoms with E-state index in [4.69, 9.17) is 25.8 Å². The topological polar surface area (TPSA) is 135 Å². The summed E-state index contributed by atoms with van der Waals surface area (Å²) in [5.41, 5.74) is 2.27. The third-order valence-electron chi connectivity index (χ3n) is 6.50. The Morgan fingerprint density at radius 3 is 2.63 bits per heavy atom. The molecule has 0 aliphatic carbocycles. The first-order valence-electron chi connectivity index (χ1n) is 12.2. The fourth-order valence-corrected chi connectivity index (χ4v) is 4.94. The van der Waals surface area contributed by atoms with Crippen LogP contribution in [0.4, 0.5) is 0 Å². The van der Waals surface area contributed by atoms with Crippen molar-refractivity contribution >= 4 is 33.6 Å². The Labute approximate surface area is 226 Å². The lowest BCUT2D eigenvalue weighted by molar-refractivity contribution is -0.141. The monoisotopic (exact) mass is 563 g/mol. The summed E-state index contributed by atoms with van der Waals surface area (Å²) < 4.78 is 48.8. The number of hydrogen-bond acceptors (Lipinski definition) is 9. The summed E-state index contributed by atoms with van der Waals surface area (Å²) in [5.74, 6) is -1.43. The molecule has 204 valence electrons. The van der Waals surface area contributed by atoms with Crippen LogP contribution < -0.4 is 4.74 Å². The number of aromatic nitrogens is 1. The van der Waals surface area contributed by atoms with Gasteiger partial charge in [0.1, 0.15) is 24.1 Å². The van der Waals surface area contributed by atoms with E-state index in [1.807, 2.05) is 0 Å². The Morgan fingerprint density at radius 1 is 1.24 bits per heavy atom. The zero-order chi connectivity index (χ0) is 27.3. The van der Waals surface area contributed by atoms with E-state index in [1.165, 1.54) is 0 Å². The Balaban J connectivity index is 1.49. The molecule has 2 atom stereocenters. The van der Waals surface area contributed by atoms with Gasteiger partial charge >= 0.3 is 5.97 Å². The van der Waals surface area contributed by atoms with Gasteiger partial charge in [-0.25, -0.2) is 18.2 Å². The molecule has 0 bridgehead atoms. The Morgan fingerprint density at radius 2 is 2.00 bits per heavy atom. The van der Waals surface area contributed by atoms with Crippen LogP contribution in [-0.4, -0.2) is 66.3 Å². The molecule has 2 aliphatic heterocycles. The van der Waals surface area contributed by atoms with Gasteiger partial charge in [-0.15, -0.1) is 0 Å². The van der Waals surface area contributed by atoms with Crippen LogP contribution in [-0.2, 0) is 35.8 Å². The van der Waals surface area contributed by atoms with Crippen molar-refractivity contribution in [1.82, 2.24) is 9.88 Å². The van der Waals surface area contributed by atoms with E-state index in [0.717, 1.165) is 12.8 Å². The Bertz CT molecular complexity index is 1290. The Kier molecular flexibility index (Phi) is 9.03. The van der Waals surface area contributed by atoms with E-state index < -0.39 is 27.8 Å². The van der Waals surface area contributed by atoms with Gasteiger partial charge in [0, 0.05) is 30.8 Å². The Hall–Kier alpha value is -2.99. The maximum absolute atomic E-state index is 13.4. The summed E-state index contributed by atoms with van der Waals surface area (Å²) in [6, 6.07) is 9.90. The van der Waals surface area contributed by atoms with Crippen LogP contribution in [0.5, 0.6) is 5.75 Å². The average Bonchev–Trinajstić information content (AvgIpc) is 3.39. The minimum atomic E-state index is -4.36. The van der Waals surface area contributed by atoms with Gasteiger partial charge in [-0.05, 0) is 49.1 Å². The summed E-state index contributed by atoms with van der Waals surface area (Å²) in [5, 5.41) is 0.308. The van der Waals surface area contributed by atoms with E-state index in [2.05, 4.69) is 4.98 Å². The summed E-state index contributed by atoms with van der Waals surface area (Å²) in [6.45, 7) is 2.49. The fraction of sp³-hybridized carbons (Fsp3) is 0.423. The minimum absolute atomic E-state index is 0.0316. The number of nitrogens with zero attached hydrogens (tertiary/aromatic N) is 2. The third-order valence-corrected chi connectivity index (χ3v) is 7.39. The number of ether oxygens (including phenoxy) is 3. The summed E-state index contributed by atoms with van der Waals surface area (Å²) in [7, 11) is -4.36. The number of esters is 1. The normalized spacial score (nSPS) is 20.1. The van der Waals surface area contributed by atoms with E-state index in [-0.39, 0.29) is 31.6 Å². The molecule has 10 nitrogen and oxygen atoms in total. The highest BCUT2D eigenvalue weighted by atomic mass is 35.5. The second-order valence-electron chi connectivity index (χ2n) is 9.14. The van der Waals surface area contributed by atoms with Crippen molar-refractivity contribution in [3.05, 3.63) is 70.1 Å². The number of pyridine rings is 1. The molecule has 0 radical (unpaired) electrons. The smallest absolute Gasteiger partial charge is 0.336 e. The van der Waals surface area contributed by atoms with Crippen molar-refractivity contribution in [2.24, 2.45) is 0 Å². The first-order valence-corrected chi connectivity index (χ1v) is 14.1. The number of amides is 1. The van der Waals surface area contributed by atoms with Crippen molar-refractivity contribution in [1.29, 1.82) is 0 Å². The third kappa shape index (κ3) is 7.31. The zero-order valence-electron chi connectivity index (χ0n) is 20.8. The van der Waals surface area contributed by atoms with Gasteiger partial charge in [-0.3, -0.25) is 4.79 Å². The summed E-state index contributed by atoms with van der Waals surface area (Å²) in [4.78, 5) is 32.3. The largest absolute Gasteiger partial charge is 0.748 e. The SMILES string of the molecule is CC1=C(C(=O)OCc2ccc(OCCS(=O)(=O)[O-])cc2)[C@@H](c2ccc(Cl)nc2)CC(=O)N1C[C@@H]1CCCO1. The number of hydrogen-bond donors (Lipinski definition) is 0. The van der Waals surface area contributed by atoms with Gasteiger partial charge in [-0.2, -0.15) is 0 Å². The molecular weight excluding hydrogens is 536 g/mol. The van der Waals surface area contributed by atoms with Gasteiger partial charge in [0.25, 0.3) is 0 Å². The molecule has 0 saturated carbocycles. The quantitative estimate of drug-likeness (QED) is 0.242. The van der Waals surface area contributed by atoms with Crippen molar-refractivity contribution in [3.8, 4) is 5.75 Å². The molecule has 12 heteroatoms. The van der Waals surface area contributed by atoms with Gasteiger partial charge in [0.2, 0.25) is 5.91 Å². The fourth-order valence-electron chi connectivity index (χ4n) is 4.54. The molecule has 0 N–H and O–H groups in total. The van der Waals surface area contributed by atoms with Crippen LogP contribution >= 0.6 is 11.6 Å². The molecule has 4 rings (SSSR count). The van der Waals surface area contributed by atoms with Gasteiger partial charge < -0.3 is 23.7 Å². The summed E-state index contributed by atoms with van der Waals surface area (Å²) >= 11 is 5.95. The average molecular weight is 564 g/mol. The molecule has 38 heavy (non-hydrogen) atoms. The molecular formula is C26H28ClN2O8S-. The highest BCUT2D eigenvalue weighted by Gasteiger charge is 2.38. The molecule has 1 amide bonds. The standard InChI is InChI=1S/C26H29ClN2O8S/c1-17-25(26(31)37-16-18-4-7-20(8-5-18)36-11-12-38(32,33)34)22(19-6-9-23(27)28-14-19)13-24(30)29(17)15-21-3-2-10-35-21/h4-9,14,21-22H,2-3,10-13,15-16H2,1H3,(H,32,33,34)/p-1/t21-,22+/m0/s1. The molecule has 2 aromatic rings. The van der Waals surface area contributed by atoms with E-state index in [9.17, 15) is 22.6 Å². The second kappa shape index (κ2) is 12.2. The maximum Gasteiger partial charge on any atom is 0.336 e. The number of halogens is 1. The van der Waals surface area contributed by atoms with Gasteiger partial charge in [0.05, 0.1) is 34.1 Å². The van der Waals surface area contributed by atoms with Crippen LogP contribution in [0.25, 0.3) is 0 Å². The van der Waals surface area contributed by atoms with Crippen LogP contribution in [0.2, 0.25) is 5.15 Å². The molecule has 1 aromatic carbocycles. The lowest BCUT2D eigenvalue weighted by atomic mass is 9.84. The van der Waals surface area contributed by atoms with Crippen LogP contribution in [0.1, 0.15) is 43.2 Å². The second-order valence-corrected chi connectivity index (χ2v) is 11.1. The molecule has 2 aliphatic rings. The number of carbonyl (C=O) groups is 2. The van der Waals surface area contributed by atoms with Gasteiger partial charge in [-0.1, -0.05) is 29.8 Å². The van der Waals surface area contributed by atoms with Crippen molar-refractivity contribution in [2.45, 2.75) is 44.8 Å². The lowest BCUT2D eigenvalue weighted by Gasteiger charge is -2.35. The van der Waals surface area contributed by atoms with Crippen LogP contribution in [0, 0.1) is 0 Å². The van der Waals surface area contributed by atoms with Crippen molar-refractivity contribution in [3.63, 3.8) is 0 Å². The molecule has 1 fully saturated rings. The van der Waals surface area contributed by atoms with Gasteiger partial charge in [0.15, 0.2) is 0 Å². The number of benzene rings is 1. The lowest BCUT2D eigenvalue weighted by Crippen LogP contribution is -2.42. The first kappa shape index (κ1) is 28.0. The highest BCUT2D eigenvalue weighted by Crippen LogP contribution is 2.37. The molecule has 0 unspecified atom stereocenters. The minimum Gasteiger partial charge on any atom is -0.748 e. The molecule has 3 heterocycles. The van der Waals surface area contributed by atoms with E-state index in [1.54, 1.807) is 54.4 Å². The zero-order valence-corrected chi connectivity index (χ0v) is 22.4. The number of rotatable bonds is 10. The van der Waals surface area contributed by atoms with Crippen molar-refractivity contribution < 1.29 is 36.8 Å². The van der Waals surface area contributed by atoms with Crippen molar-refractivity contribution in [2.75, 3.05) is 25.5 Å². The first-order chi connectivity index (χ1) is 18.1. The van der Waals surface area contributed by atoms with Crippen LogP contribution in [0.15, 0.2) is 53.9 Å². The predicted molar refractivity (Wildman–Crippen MR) is 136 cm³/mol. The predicted octanol–water partition coefficient (Wildman–Crippen LogP) is 3.17. The number of allylic oxidation sites excluding steroid dienone is 1. The number of carbonyl (C=O) groups excluding carboxylic acids is 2. The molecule has 1 aromatic heterocycles. The highest BCUT2D eigenvalue weighted by molar-refractivity contribution is 7.85. The summed E-state index contributed by atoms with van der Waals surface area (Å²) in [6.07, 6.45) is 3.36. The molecule has 0 spiro atoms. The molecule has 1 saturated heterocycles. The van der Waals surface area contributed by atoms with E-state index >= 15 is 0 Å². The maximum atomic E-state index is 13.4. The van der Waals surface area contributed by atoms with Crippen LogP contribution in [0.3, 0.4) is 0 Å².